The lowest BCUT2D eigenvalue weighted by atomic mass is 9.93. The zero-order valence-corrected chi connectivity index (χ0v) is 19.4. The molecule has 2 N–H and O–H groups in total. The molecule has 3 aromatic carbocycles. The highest BCUT2D eigenvalue weighted by Gasteiger charge is 2.22. The monoisotopic (exact) mass is 443 g/mol. The van der Waals surface area contributed by atoms with E-state index in [0.29, 0.717) is 28.0 Å². The summed E-state index contributed by atoms with van der Waals surface area (Å²) in [6.07, 6.45) is 1.92. The van der Waals surface area contributed by atoms with E-state index in [1.54, 1.807) is 36.4 Å². The van der Waals surface area contributed by atoms with E-state index >= 15 is 0 Å². The molecule has 4 aromatic rings. The average molecular weight is 444 g/mol. The number of nitrogens with one attached hydrogen (secondary N) is 1. The minimum atomic E-state index is -0.481. The molecule has 0 spiro atoms. The average Bonchev–Trinajstić information content (AvgIpc) is 2.79. The third-order valence-electron chi connectivity index (χ3n) is 5.94. The predicted octanol–water partition coefficient (Wildman–Crippen LogP) is 6.26. The number of rotatable bonds is 6. The second-order valence-electron chi connectivity index (χ2n) is 9.65. The molecule has 0 saturated heterocycles. The Kier molecular flexibility index (Phi) is 5.98. The van der Waals surface area contributed by atoms with Crippen molar-refractivity contribution < 1.29 is 14.3 Å². The van der Waals surface area contributed by atoms with Crippen LogP contribution in [0.15, 0.2) is 69.9 Å². The number of carbonyl (C=O) groups excluding carboxylic acids is 1. The van der Waals surface area contributed by atoms with Crippen LogP contribution < -0.4 is 10.7 Å². The van der Waals surface area contributed by atoms with Gasteiger partial charge in [0, 0.05) is 16.7 Å². The first-order valence-electron chi connectivity index (χ1n) is 11.3. The van der Waals surface area contributed by atoms with Crippen molar-refractivity contribution >= 4 is 27.6 Å². The highest BCUT2D eigenvalue weighted by atomic mass is 16.4. The highest BCUT2D eigenvalue weighted by Crippen LogP contribution is 2.32. The normalized spacial score (nSPS) is 11.9. The summed E-state index contributed by atoms with van der Waals surface area (Å²) in [5, 5.41) is 15.8. The third-order valence-corrected chi connectivity index (χ3v) is 5.94. The molecular weight excluding hydrogens is 414 g/mol. The quantitative estimate of drug-likeness (QED) is 0.345. The van der Waals surface area contributed by atoms with E-state index in [2.05, 4.69) is 19.2 Å². The first kappa shape index (κ1) is 22.6. The van der Waals surface area contributed by atoms with E-state index in [0.717, 1.165) is 23.6 Å². The minimum Gasteiger partial charge on any atom is -0.502 e. The molecule has 0 saturated carbocycles. The number of aromatic hydroxyl groups is 1. The van der Waals surface area contributed by atoms with Crippen LogP contribution >= 0.6 is 0 Å². The van der Waals surface area contributed by atoms with Gasteiger partial charge in [0.25, 0.3) is 5.91 Å². The van der Waals surface area contributed by atoms with E-state index in [1.807, 2.05) is 38.1 Å². The fourth-order valence-electron chi connectivity index (χ4n) is 3.93. The van der Waals surface area contributed by atoms with Crippen LogP contribution in [-0.2, 0) is 0 Å². The van der Waals surface area contributed by atoms with E-state index in [9.17, 15) is 14.7 Å². The van der Waals surface area contributed by atoms with Crippen LogP contribution in [0, 0.1) is 5.92 Å². The number of hydrogen-bond donors (Lipinski definition) is 2. The number of fused-ring (bicyclic) bond motifs is 2. The summed E-state index contributed by atoms with van der Waals surface area (Å²) in [6, 6.07) is 17.9. The topological polar surface area (TPSA) is 79.5 Å². The Labute approximate surface area is 193 Å². The lowest BCUT2D eigenvalue weighted by molar-refractivity contribution is 0.0906. The maximum atomic E-state index is 12.8. The van der Waals surface area contributed by atoms with Crippen LogP contribution in [0.5, 0.6) is 5.75 Å². The Morgan fingerprint density at radius 2 is 1.67 bits per heavy atom. The van der Waals surface area contributed by atoms with Crippen LogP contribution in [-0.4, -0.2) is 16.6 Å². The number of carbonyl (C=O) groups is 1. The van der Waals surface area contributed by atoms with E-state index in [4.69, 9.17) is 4.42 Å². The summed E-state index contributed by atoms with van der Waals surface area (Å²) >= 11 is 0. The molecule has 1 heterocycles. The molecule has 0 unspecified atom stereocenters. The van der Waals surface area contributed by atoms with Gasteiger partial charge in [0.15, 0.2) is 5.76 Å². The molecular formula is C28H29NO4. The molecule has 1 aromatic heterocycles. The Bertz CT molecular complexity index is 1380. The van der Waals surface area contributed by atoms with Crippen molar-refractivity contribution in [2.75, 3.05) is 0 Å². The van der Waals surface area contributed by atoms with Gasteiger partial charge in [0.2, 0.25) is 11.2 Å². The second kappa shape index (κ2) is 8.74. The van der Waals surface area contributed by atoms with Gasteiger partial charge in [-0.2, -0.15) is 0 Å². The molecule has 5 nitrogen and oxygen atoms in total. The van der Waals surface area contributed by atoms with E-state index in [1.165, 1.54) is 0 Å². The molecule has 33 heavy (non-hydrogen) atoms. The smallest absolute Gasteiger partial charge is 0.251 e. The second-order valence-corrected chi connectivity index (χ2v) is 9.65. The van der Waals surface area contributed by atoms with Gasteiger partial charge in [-0.15, -0.1) is 0 Å². The maximum absolute atomic E-state index is 12.8. The van der Waals surface area contributed by atoms with Crippen molar-refractivity contribution in [2.24, 2.45) is 5.92 Å². The van der Waals surface area contributed by atoms with E-state index < -0.39 is 11.2 Å². The first-order chi connectivity index (χ1) is 15.6. The van der Waals surface area contributed by atoms with Crippen LogP contribution in [0.3, 0.4) is 0 Å². The molecule has 0 aliphatic heterocycles. The van der Waals surface area contributed by atoms with Crippen molar-refractivity contribution in [3.8, 4) is 17.1 Å². The Morgan fingerprint density at radius 3 is 2.30 bits per heavy atom. The van der Waals surface area contributed by atoms with Gasteiger partial charge in [-0.05, 0) is 67.6 Å². The van der Waals surface area contributed by atoms with Crippen molar-refractivity contribution in [2.45, 2.75) is 46.1 Å². The molecule has 0 aliphatic carbocycles. The summed E-state index contributed by atoms with van der Waals surface area (Å²) in [5.74, 6) is 0.0606. The van der Waals surface area contributed by atoms with Gasteiger partial charge in [0.05, 0.1) is 5.39 Å². The Hall–Kier alpha value is -3.60. The third kappa shape index (κ3) is 4.77. The molecule has 170 valence electrons. The Balaban J connectivity index is 1.64. The Morgan fingerprint density at radius 1 is 1.03 bits per heavy atom. The van der Waals surface area contributed by atoms with Crippen LogP contribution in [0.1, 0.15) is 50.9 Å². The standard InChI is InChI=1S/C28H29NO4/c1-17(2)13-14-28(3,4)29-27(32)19-11-9-18(10-12-19)26-25(31)24(30)22-15-20-7-5-6-8-21(20)16-23(22)33-26/h5-12,15-17,31H,13-14H2,1-4H3,(H,29,32). The maximum Gasteiger partial charge on any atom is 0.251 e. The highest BCUT2D eigenvalue weighted by molar-refractivity contribution is 5.97. The molecule has 0 radical (unpaired) electrons. The van der Waals surface area contributed by atoms with Crippen LogP contribution in [0.25, 0.3) is 33.1 Å². The van der Waals surface area contributed by atoms with E-state index in [-0.39, 0.29) is 17.2 Å². The predicted molar refractivity (Wildman–Crippen MR) is 133 cm³/mol. The number of amides is 1. The van der Waals surface area contributed by atoms with Crippen molar-refractivity contribution in [1.82, 2.24) is 5.32 Å². The number of hydrogen-bond acceptors (Lipinski definition) is 4. The first-order valence-corrected chi connectivity index (χ1v) is 11.3. The van der Waals surface area contributed by atoms with Gasteiger partial charge in [0.1, 0.15) is 5.58 Å². The lowest BCUT2D eigenvalue weighted by Crippen LogP contribution is -2.43. The van der Waals surface area contributed by atoms with Crippen molar-refractivity contribution in [1.29, 1.82) is 0 Å². The fourth-order valence-corrected chi connectivity index (χ4v) is 3.93. The van der Waals surface area contributed by atoms with Gasteiger partial charge in [-0.1, -0.05) is 50.2 Å². The minimum absolute atomic E-state index is 0.0898. The van der Waals surface area contributed by atoms with Gasteiger partial charge in [-0.3, -0.25) is 9.59 Å². The zero-order valence-electron chi connectivity index (χ0n) is 19.4. The molecule has 4 rings (SSSR count). The zero-order chi connectivity index (χ0) is 23.8. The molecule has 0 fully saturated rings. The summed E-state index contributed by atoms with van der Waals surface area (Å²) in [5.41, 5.74) is 0.637. The van der Waals surface area contributed by atoms with Gasteiger partial charge < -0.3 is 14.8 Å². The summed E-state index contributed by atoms with van der Waals surface area (Å²) in [4.78, 5) is 25.6. The molecule has 0 aliphatic rings. The largest absolute Gasteiger partial charge is 0.502 e. The summed E-state index contributed by atoms with van der Waals surface area (Å²) < 4.78 is 5.95. The molecule has 0 bridgehead atoms. The molecule has 0 atom stereocenters. The number of benzene rings is 3. The van der Waals surface area contributed by atoms with Crippen LogP contribution in [0.4, 0.5) is 0 Å². The fraction of sp³-hybridized carbons (Fsp3) is 0.286. The summed E-state index contributed by atoms with van der Waals surface area (Å²) in [6.45, 7) is 8.37. The molecule has 1 amide bonds. The van der Waals surface area contributed by atoms with Gasteiger partial charge >= 0.3 is 0 Å². The van der Waals surface area contributed by atoms with Crippen molar-refractivity contribution in [3.05, 3.63) is 76.5 Å². The SMILES string of the molecule is CC(C)CCC(C)(C)NC(=O)c1ccc(-c2oc3cc4ccccc4cc3c(=O)c2O)cc1. The van der Waals surface area contributed by atoms with Crippen LogP contribution in [0.2, 0.25) is 0 Å². The lowest BCUT2D eigenvalue weighted by Gasteiger charge is -2.27. The van der Waals surface area contributed by atoms with Crippen molar-refractivity contribution in [3.63, 3.8) is 0 Å². The molecule has 5 heteroatoms. The van der Waals surface area contributed by atoms with Gasteiger partial charge in [-0.25, -0.2) is 0 Å². The summed E-state index contributed by atoms with van der Waals surface area (Å²) in [7, 11) is 0.